The van der Waals surface area contributed by atoms with Crippen molar-refractivity contribution in [3.63, 3.8) is 0 Å². The number of rotatable bonds is 6. The molecule has 0 saturated carbocycles. The molecule has 17 heavy (non-hydrogen) atoms. The maximum Gasteiger partial charge on any atom is 0.127 e. The van der Waals surface area contributed by atoms with Crippen molar-refractivity contribution in [2.45, 2.75) is 33.2 Å². The molecular formula is C14H23NO2. The predicted molar refractivity (Wildman–Crippen MR) is 70.5 cm³/mol. The Bertz CT molecular complexity index is 348. The summed E-state index contributed by atoms with van der Waals surface area (Å²) in [5.74, 6) is 2.27. The molecule has 0 amide bonds. The van der Waals surface area contributed by atoms with E-state index in [0.29, 0.717) is 12.5 Å². The highest BCUT2D eigenvalue weighted by Crippen LogP contribution is 2.32. The summed E-state index contributed by atoms with van der Waals surface area (Å²) < 4.78 is 11.1. The fourth-order valence-electron chi connectivity index (χ4n) is 1.68. The highest BCUT2D eigenvalue weighted by molar-refractivity contribution is 5.46. The molecule has 0 radical (unpaired) electrons. The summed E-state index contributed by atoms with van der Waals surface area (Å²) >= 11 is 0. The van der Waals surface area contributed by atoms with Crippen molar-refractivity contribution in [1.82, 2.24) is 0 Å². The third-order valence-electron chi connectivity index (χ3n) is 2.65. The molecule has 0 aromatic heterocycles. The van der Waals surface area contributed by atoms with Gasteiger partial charge in [-0.2, -0.15) is 0 Å². The van der Waals surface area contributed by atoms with Crippen molar-refractivity contribution in [2.75, 3.05) is 13.7 Å². The maximum atomic E-state index is 5.96. The average Bonchev–Trinajstić information content (AvgIpc) is 2.27. The molecule has 0 fully saturated rings. The molecule has 3 heteroatoms. The molecule has 0 aliphatic carbocycles. The molecule has 1 atom stereocenters. The average molecular weight is 237 g/mol. The molecule has 0 bridgehead atoms. The second-order valence-electron chi connectivity index (χ2n) is 4.69. The van der Waals surface area contributed by atoms with E-state index in [0.717, 1.165) is 23.5 Å². The number of methoxy groups -OCH3 is 1. The van der Waals surface area contributed by atoms with Gasteiger partial charge in [0.25, 0.3) is 0 Å². The van der Waals surface area contributed by atoms with Gasteiger partial charge in [-0.25, -0.2) is 0 Å². The lowest BCUT2D eigenvalue weighted by Crippen LogP contribution is -2.11. The van der Waals surface area contributed by atoms with Crippen LogP contribution in [0.4, 0.5) is 0 Å². The van der Waals surface area contributed by atoms with Crippen LogP contribution in [-0.4, -0.2) is 13.7 Å². The summed E-state index contributed by atoms with van der Waals surface area (Å²) in [6.45, 7) is 7.01. The molecule has 0 spiro atoms. The lowest BCUT2D eigenvalue weighted by Gasteiger charge is -2.17. The molecule has 1 aromatic carbocycles. The van der Waals surface area contributed by atoms with Crippen LogP contribution < -0.4 is 15.2 Å². The molecule has 3 nitrogen and oxygen atoms in total. The minimum absolute atomic E-state index is 0.0970. The Morgan fingerprint density at radius 3 is 2.35 bits per heavy atom. The van der Waals surface area contributed by atoms with Crippen molar-refractivity contribution in [3.05, 3.63) is 23.8 Å². The minimum atomic E-state index is -0.0970. The molecule has 0 aliphatic heterocycles. The number of ether oxygens (including phenoxy) is 2. The van der Waals surface area contributed by atoms with Gasteiger partial charge in [-0.1, -0.05) is 19.9 Å². The standard InChI is InChI=1S/C14H23NO2/c1-10(2)8-9-17-13-7-5-6-12(16-4)14(13)11(3)15/h5-7,10-11H,8-9,15H2,1-4H3/t11-/m0/s1. The lowest BCUT2D eigenvalue weighted by molar-refractivity contribution is 0.283. The normalized spacial score (nSPS) is 12.6. The Labute approximate surface area is 104 Å². The van der Waals surface area contributed by atoms with Crippen molar-refractivity contribution < 1.29 is 9.47 Å². The molecule has 0 unspecified atom stereocenters. The number of hydrogen-bond acceptors (Lipinski definition) is 3. The smallest absolute Gasteiger partial charge is 0.127 e. The molecule has 96 valence electrons. The van der Waals surface area contributed by atoms with E-state index in [1.54, 1.807) is 7.11 Å². The summed E-state index contributed by atoms with van der Waals surface area (Å²) in [5, 5.41) is 0. The fraction of sp³-hybridized carbons (Fsp3) is 0.571. The second-order valence-corrected chi connectivity index (χ2v) is 4.69. The first-order valence-electron chi connectivity index (χ1n) is 6.11. The van der Waals surface area contributed by atoms with Crippen LogP contribution in [0.1, 0.15) is 38.8 Å². The van der Waals surface area contributed by atoms with Gasteiger partial charge in [0.05, 0.1) is 19.3 Å². The summed E-state index contributed by atoms with van der Waals surface area (Å²) in [6.07, 6.45) is 1.04. The largest absolute Gasteiger partial charge is 0.496 e. The van der Waals surface area contributed by atoms with Crippen LogP contribution in [0.15, 0.2) is 18.2 Å². The monoisotopic (exact) mass is 237 g/mol. The van der Waals surface area contributed by atoms with E-state index in [1.807, 2.05) is 25.1 Å². The zero-order valence-corrected chi connectivity index (χ0v) is 11.2. The first-order chi connectivity index (χ1) is 8.06. The van der Waals surface area contributed by atoms with Gasteiger partial charge >= 0.3 is 0 Å². The van der Waals surface area contributed by atoms with E-state index in [9.17, 15) is 0 Å². The van der Waals surface area contributed by atoms with Gasteiger partial charge in [0.1, 0.15) is 11.5 Å². The summed E-state index contributed by atoms with van der Waals surface area (Å²) in [6, 6.07) is 5.69. The Kier molecular flexibility index (Phi) is 5.29. The molecule has 0 heterocycles. The molecule has 2 N–H and O–H groups in total. The van der Waals surface area contributed by atoms with Crippen LogP contribution in [0.5, 0.6) is 11.5 Å². The fourth-order valence-corrected chi connectivity index (χ4v) is 1.68. The van der Waals surface area contributed by atoms with E-state index >= 15 is 0 Å². The van der Waals surface area contributed by atoms with E-state index in [4.69, 9.17) is 15.2 Å². The zero-order valence-electron chi connectivity index (χ0n) is 11.2. The lowest BCUT2D eigenvalue weighted by atomic mass is 10.1. The molecule has 1 aromatic rings. The predicted octanol–water partition coefficient (Wildman–Crippen LogP) is 3.14. The Hall–Kier alpha value is -1.22. The number of benzene rings is 1. The number of hydrogen-bond donors (Lipinski definition) is 1. The van der Waals surface area contributed by atoms with E-state index in [-0.39, 0.29) is 6.04 Å². The van der Waals surface area contributed by atoms with E-state index in [1.165, 1.54) is 0 Å². The van der Waals surface area contributed by atoms with Gasteiger partial charge in [0.15, 0.2) is 0 Å². The van der Waals surface area contributed by atoms with Gasteiger partial charge in [-0.05, 0) is 31.4 Å². The highest BCUT2D eigenvalue weighted by Gasteiger charge is 2.14. The third kappa shape index (κ3) is 3.93. The van der Waals surface area contributed by atoms with E-state index in [2.05, 4.69) is 13.8 Å². The highest BCUT2D eigenvalue weighted by atomic mass is 16.5. The van der Waals surface area contributed by atoms with Crippen LogP contribution in [-0.2, 0) is 0 Å². The SMILES string of the molecule is COc1cccc(OCCC(C)C)c1[C@H](C)N. The van der Waals surface area contributed by atoms with Crippen LogP contribution in [0.2, 0.25) is 0 Å². The van der Waals surface area contributed by atoms with Gasteiger partial charge in [0, 0.05) is 6.04 Å². The van der Waals surface area contributed by atoms with Crippen molar-refractivity contribution in [2.24, 2.45) is 11.7 Å². The van der Waals surface area contributed by atoms with Gasteiger partial charge in [-0.3, -0.25) is 0 Å². The topological polar surface area (TPSA) is 44.5 Å². The molecule has 0 aliphatic rings. The van der Waals surface area contributed by atoms with Crippen LogP contribution in [0.3, 0.4) is 0 Å². The van der Waals surface area contributed by atoms with Gasteiger partial charge < -0.3 is 15.2 Å². The van der Waals surface area contributed by atoms with Crippen molar-refractivity contribution >= 4 is 0 Å². The summed E-state index contributed by atoms with van der Waals surface area (Å²) in [7, 11) is 1.65. The first kappa shape index (κ1) is 13.8. The van der Waals surface area contributed by atoms with E-state index < -0.39 is 0 Å². The summed E-state index contributed by atoms with van der Waals surface area (Å²) in [5.41, 5.74) is 6.91. The van der Waals surface area contributed by atoms with Gasteiger partial charge in [0.2, 0.25) is 0 Å². The summed E-state index contributed by atoms with van der Waals surface area (Å²) in [4.78, 5) is 0. The van der Waals surface area contributed by atoms with Crippen LogP contribution in [0, 0.1) is 5.92 Å². The zero-order chi connectivity index (χ0) is 12.8. The van der Waals surface area contributed by atoms with Crippen LogP contribution in [0.25, 0.3) is 0 Å². The number of nitrogens with two attached hydrogens (primary N) is 1. The molecule has 1 rings (SSSR count). The van der Waals surface area contributed by atoms with Gasteiger partial charge in [-0.15, -0.1) is 0 Å². The third-order valence-corrected chi connectivity index (χ3v) is 2.65. The van der Waals surface area contributed by atoms with Crippen molar-refractivity contribution in [1.29, 1.82) is 0 Å². The maximum absolute atomic E-state index is 5.96. The molecule has 0 saturated heterocycles. The minimum Gasteiger partial charge on any atom is -0.496 e. The van der Waals surface area contributed by atoms with Crippen LogP contribution >= 0.6 is 0 Å². The Morgan fingerprint density at radius 1 is 1.18 bits per heavy atom. The van der Waals surface area contributed by atoms with Crippen molar-refractivity contribution in [3.8, 4) is 11.5 Å². The quantitative estimate of drug-likeness (QED) is 0.826. The Balaban J connectivity index is 2.83. The Morgan fingerprint density at radius 2 is 1.82 bits per heavy atom. The first-order valence-corrected chi connectivity index (χ1v) is 6.11. The molecular weight excluding hydrogens is 214 g/mol. The second kappa shape index (κ2) is 6.50.